The zero-order chi connectivity index (χ0) is 27.9. The van der Waals surface area contributed by atoms with E-state index in [0.29, 0.717) is 6.54 Å². The number of hydrogen-bond donors (Lipinski definition) is 1. The maximum absolute atomic E-state index is 13.8. The molecule has 0 aromatic heterocycles. The third kappa shape index (κ3) is 7.19. The van der Waals surface area contributed by atoms with Gasteiger partial charge in [-0.15, -0.1) is 0 Å². The molecule has 0 bridgehead atoms. The topological polar surface area (TPSA) is 86.8 Å². The van der Waals surface area contributed by atoms with Gasteiger partial charge < -0.3 is 10.2 Å². The lowest BCUT2D eigenvalue weighted by Crippen LogP contribution is -2.51. The van der Waals surface area contributed by atoms with Crippen molar-refractivity contribution in [2.75, 3.05) is 17.4 Å². The average Bonchev–Trinajstić information content (AvgIpc) is 2.89. The number of nitrogens with zero attached hydrogens (tertiary/aromatic N) is 2. The molecule has 0 aliphatic carbocycles. The normalized spacial score (nSPS) is 12.0. The number of sulfonamides is 1. The summed E-state index contributed by atoms with van der Waals surface area (Å²) in [7, 11) is -4.23. The first kappa shape index (κ1) is 28.8. The molecule has 7 nitrogen and oxygen atoms in total. The zero-order valence-electron chi connectivity index (χ0n) is 22.1. The average molecular weight is 540 g/mol. The first-order valence-corrected chi connectivity index (χ1v) is 13.9. The summed E-state index contributed by atoms with van der Waals surface area (Å²) in [5.41, 5.74) is 3.02. The second kappa shape index (κ2) is 12.7. The molecule has 0 saturated carbocycles. The second-order valence-electron chi connectivity index (χ2n) is 9.28. The molecule has 0 radical (unpaired) electrons. The number of amides is 2. The molecule has 0 aliphatic heterocycles. The van der Waals surface area contributed by atoms with E-state index in [1.165, 1.54) is 17.0 Å². The van der Waals surface area contributed by atoms with Crippen LogP contribution in [0.2, 0.25) is 0 Å². The Kier molecular flexibility index (Phi) is 9.63. The van der Waals surface area contributed by atoms with Crippen molar-refractivity contribution < 1.29 is 22.4 Å². The Labute approximate surface area is 224 Å². The fraction of sp³-hybridized carbons (Fsp3) is 0.310. The number of anilines is 1. The Bertz CT molecular complexity index is 1360. The van der Waals surface area contributed by atoms with E-state index in [2.05, 4.69) is 5.32 Å². The van der Waals surface area contributed by atoms with Crippen LogP contribution in [0, 0.1) is 19.7 Å². The van der Waals surface area contributed by atoms with Crippen molar-refractivity contribution in [3.05, 3.63) is 95.3 Å². The van der Waals surface area contributed by atoms with Crippen LogP contribution in [0.1, 0.15) is 37.0 Å². The fourth-order valence-electron chi connectivity index (χ4n) is 3.96. The van der Waals surface area contributed by atoms with Crippen LogP contribution < -0.4 is 9.62 Å². The van der Waals surface area contributed by atoms with Crippen molar-refractivity contribution in [1.29, 1.82) is 0 Å². The minimum absolute atomic E-state index is 0.125. The van der Waals surface area contributed by atoms with Crippen LogP contribution in [-0.2, 0) is 26.2 Å². The number of nitrogens with one attached hydrogen (secondary N) is 1. The first-order valence-electron chi connectivity index (χ1n) is 12.5. The molecule has 0 unspecified atom stereocenters. The van der Waals surface area contributed by atoms with E-state index in [-0.39, 0.29) is 23.0 Å². The zero-order valence-corrected chi connectivity index (χ0v) is 23.0. The highest BCUT2D eigenvalue weighted by Gasteiger charge is 2.32. The Morgan fingerprint density at radius 1 is 0.947 bits per heavy atom. The summed E-state index contributed by atoms with van der Waals surface area (Å²) in [6.07, 6.45) is 0.738. The lowest BCUT2D eigenvalue weighted by molar-refractivity contribution is -0.139. The summed E-state index contributed by atoms with van der Waals surface area (Å²) in [5.74, 6) is -1.44. The second-order valence-corrected chi connectivity index (χ2v) is 11.1. The van der Waals surface area contributed by atoms with Crippen molar-refractivity contribution in [2.24, 2.45) is 0 Å². The third-order valence-electron chi connectivity index (χ3n) is 6.15. The maximum atomic E-state index is 13.8. The van der Waals surface area contributed by atoms with E-state index in [4.69, 9.17) is 0 Å². The molecule has 0 saturated heterocycles. The molecule has 3 aromatic carbocycles. The number of rotatable bonds is 11. The Morgan fingerprint density at radius 3 is 2.21 bits per heavy atom. The summed E-state index contributed by atoms with van der Waals surface area (Å²) >= 11 is 0. The molecule has 1 atom stereocenters. The number of halogens is 1. The van der Waals surface area contributed by atoms with Crippen LogP contribution in [0.3, 0.4) is 0 Å². The molecule has 1 N–H and O–H groups in total. The molecule has 3 rings (SSSR count). The number of aryl methyl sites for hydroxylation is 2. The van der Waals surface area contributed by atoms with E-state index < -0.39 is 34.3 Å². The van der Waals surface area contributed by atoms with Crippen LogP contribution in [0.4, 0.5) is 10.1 Å². The highest BCUT2D eigenvalue weighted by molar-refractivity contribution is 7.92. The van der Waals surface area contributed by atoms with Crippen molar-refractivity contribution in [3.8, 4) is 0 Å². The van der Waals surface area contributed by atoms with Crippen LogP contribution >= 0.6 is 0 Å². The predicted octanol–water partition coefficient (Wildman–Crippen LogP) is 4.58. The highest BCUT2D eigenvalue weighted by Crippen LogP contribution is 2.25. The van der Waals surface area contributed by atoms with Crippen LogP contribution in [0.15, 0.2) is 77.7 Å². The molecule has 38 heavy (non-hydrogen) atoms. The molecule has 202 valence electrons. The van der Waals surface area contributed by atoms with Gasteiger partial charge in [-0.3, -0.25) is 13.9 Å². The van der Waals surface area contributed by atoms with Gasteiger partial charge in [0.1, 0.15) is 18.4 Å². The van der Waals surface area contributed by atoms with Gasteiger partial charge in [0, 0.05) is 13.1 Å². The van der Waals surface area contributed by atoms with Gasteiger partial charge in [-0.05, 0) is 69.2 Å². The Hall–Kier alpha value is -3.72. The van der Waals surface area contributed by atoms with Gasteiger partial charge >= 0.3 is 0 Å². The van der Waals surface area contributed by atoms with Gasteiger partial charge in [-0.25, -0.2) is 12.8 Å². The molecule has 0 aliphatic rings. The Morgan fingerprint density at radius 2 is 1.61 bits per heavy atom. The van der Waals surface area contributed by atoms with Crippen molar-refractivity contribution in [1.82, 2.24) is 10.2 Å². The Balaban J connectivity index is 2.01. The third-order valence-corrected chi connectivity index (χ3v) is 7.94. The summed E-state index contributed by atoms with van der Waals surface area (Å²) in [5, 5.41) is 2.82. The molecule has 0 fully saturated rings. The number of hydrogen-bond acceptors (Lipinski definition) is 4. The van der Waals surface area contributed by atoms with Crippen molar-refractivity contribution in [2.45, 2.75) is 51.6 Å². The summed E-state index contributed by atoms with van der Waals surface area (Å²) in [6.45, 7) is 7.41. The molecule has 0 heterocycles. The van der Waals surface area contributed by atoms with E-state index in [1.807, 2.05) is 45.0 Å². The molecular formula is C29H34FN3O4S. The summed E-state index contributed by atoms with van der Waals surface area (Å²) in [6, 6.07) is 17.9. The van der Waals surface area contributed by atoms with Crippen molar-refractivity contribution in [3.63, 3.8) is 0 Å². The van der Waals surface area contributed by atoms with Gasteiger partial charge in [0.2, 0.25) is 11.8 Å². The van der Waals surface area contributed by atoms with Gasteiger partial charge in [-0.2, -0.15) is 0 Å². The lowest BCUT2D eigenvalue weighted by atomic mass is 10.1. The molecule has 9 heteroatoms. The van der Waals surface area contributed by atoms with Crippen LogP contribution in [0.25, 0.3) is 0 Å². The molecule has 2 amide bonds. The molecule has 0 spiro atoms. The summed E-state index contributed by atoms with van der Waals surface area (Å²) < 4.78 is 41.9. The number of benzene rings is 3. The maximum Gasteiger partial charge on any atom is 0.264 e. The predicted molar refractivity (Wildman–Crippen MR) is 147 cm³/mol. The minimum atomic E-state index is -4.23. The monoisotopic (exact) mass is 539 g/mol. The minimum Gasteiger partial charge on any atom is -0.354 e. The van der Waals surface area contributed by atoms with Crippen molar-refractivity contribution >= 4 is 27.5 Å². The van der Waals surface area contributed by atoms with E-state index in [0.717, 1.165) is 39.5 Å². The quantitative estimate of drug-likeness (QED) is 0.387. The number of carbonyl (C=O) groups is 2. The van der Waals surface area contributed by atoms with E-state index in [9.17, 15) is 22.4 Å². The van der Waals surface area contributed by atoms with E-state index in [1.54, 1.807) is 31.2 Å². The summed E-state index contributed by atoms with van der Waals surface area (Å²) in [4.78, 5) is 27.9. The fourth-order valence-corrected chi connectivity index (χ4v) is 5.37. The van der Waals surface area contributed by atoms with Gasteiger partial charge in [-0.1, -0.05) is 54.4 Å². The van der Waals surface area contributed by atoms with Gasteiger partial charge in [0.15, 0.2) is 0 Å². The SMILES string of the molecule is CCCNC(=O)[C@@H](C)N(Cc1cccc(C)c1)C(=O)CN(c1ccc(C)cc1)S(=O)(=O)c1ccc(F)cc1. The number of carbonyl (C=O) groups excluding carboxylic acids is 2. The van der Waals surface area contributed by atoms with Crippen LogP contribution in [0.5, 0.6) is 0 Å². The van der Waals surface area contributed by atoms with Gasteiger partial charge in [0.25, 0.3) is 10.0 Å². The molecule has 3 aromatic rings. The molecular weight excluding hydrogens is 505 g/mol. The first-order chi connectivity index (χ1) is 18.0. The van der Waals surface area contributed by atoms with E-state index >= 15 is 0 Å². The van der Waals surface area contributed by atoms with Crippen LogP contribution in [-0.4, -0.2) is 44.3 Å². The van der Waals surface area contributed by atoms with Gasteiger partial charge in [0.05, 0.1) is 10.6 Å². The lowest BCUT2D eigenvalue weighted by Gasteiger charge is -2.32. The standard InChI is InChI=1S/C29H34FN3O4S/c1-5-17-31-29(35)23(4)32(19-24-8-6-7-22(3)18-24)28(34)20-33(26-13-9-21(2)10-14-26)38(36,37)27-15-11-25(30)12-16-27/h6-16,18,23H,5,17,19-20H2,1-4H3,(H,31,35)/t23-/m1/s1. The largest absolute Gasteiger partial charge is 0.354 e. The smallest absolute Gasteiger partial charge is 0.264 e. The highest BCUT2D eigenvalue weighted by atomic mass is 32.2.